The molecule has 0 unspecified atom stereocenters. The molecular formula is C12H11ClN4O2S2. The predicted octanol–water partition coefficient (Wildman–Crippen LogP) is 2.88. The maximum absolute atomic E-state index is 11.8. The molecule has 110 valence electrons. The molecule has 6 nitrogen and oxygen atoms in total. The highest BCUT2D eigenvalue weighted by molar-refractivity contribution is 8.01. The SMILES string of the molecule is CC(=O)Nc1nnc(SCC(=O)Nc2cccc(Cl)c2)s1. The summed E-state index contributed by atoms with van der Waals surface area (Å²) in [6, 6.07) is 6.92. The number of carbonyl (C=O) groups excluding carboxylic acids is 2. The van der Waals surface area contributed by atoms with Crippen LogP contribution in [0.15, 0.2) is 28.6 Å². The zero-order valence-corrected chi connectivity index (χ0v) is 13.3. The van der Waals surface area contributed by atoms with Gasteiger partial charge in [0.2, 0.25) is 16.9 Å². The van der Waals surface area contributed by atoms with Gasteiger partial charge < -0.3 is 10.6 Å². The van der Waals surface area contributed by atoms with E-state index in [1.807, 2.05) is 0 Å². The van der Waals surface area contributed by atoms with Crippen molar-refractivity contribution in [2.75, 3.05) is 16.4 Å². The molecule has 2 aromatic rings. The standard InChI is InChI=1S/C12H11ClN4O2S2/c1-7(18)14-11-16-17-12(21-11)20-6-10(19)15-9-4-2-3-8(13)5-9/h2-5H,6H2,1H3,(H,15,19)(H,14,16,18). The maximum Gasteiger partial charge on any atom is 0.234 e. The van der Waals surface area contributed by atoms with Crippen molar-refractivity contribution in [3.8, 4) is 0 Å². The number of aromatic nitrogens is 2. The molecule has 0 aliphatic rings. The Morgan fingerprint density at radius 2 is 2.14 bits per heavy atom. The lowest BCUT2D eigenvalue weighted by Gasteiger charge is -2.04. The van der Waals surface area contributed by atoms with E-state index >= 15 is 0 Å². The highest BCUT2D eigenvalue weighted by Crippen LogP contribution is 2.25. The number of benzene rings is 1. The lowest BCUT2D eigenvalue weighted by Crippen LogP contribution is -2.13. The molecule has 1 aromatic heterocycles. The van der Waals surface area contributed by atoms with Gasteiger partial charge in [-0.3, -0.25) is 9.59 Å². The number of rotatable bonds is 5. The molecule has 2 N–H and O–H groups in total. The van der Waals surface area contributed by atoms with Crippen molar-refractivity contribution in [2.24, 2.45) is 0 Å². The summed E-state index contributed by atoms with van der Waals surface area (Å²) in [7, 11) is 0. The first-order valence-electron chi connectivity index (χ1n) is 5.82. The summed E-state index contributed by atoms with van der Waals surface area (Å²) in [6.07, 6.45) is 0. The van der Waals surface area contributed by atoms with Crippen molar-refractivity contribution in [1.82, 2.24) is 10.2 Å². The molecule has 1 heterocycles. The average molecular weight is 343 g/mol. The minimum Gasteiger partial charge on any atom is -0.325 e. The summed E-state index contributed by atoms with van der Waals surface area (Å²) in [5.74, 6) is -0.179. The van der Waals surface area contributed by atoms with Crippen LogP contribution in [0.1, 0.15) is 6.92 Å². The van der Waals surface area contributed by atoms with Crippen LogP contribution in [0, 0.1) is 0 Å². The molecule has 0 radical (unpaired) electrons. The predicted molar refractivity (Wildman–Crippen MR) is 85.0 cm³/mol. The van der Waals surface area contributed by atoms with E-state index < -0.39 is 0 Å². The topological polar surface area (TPSA) is 84.0 Å². The molecule has 0 fully saturated rings. The van der Waals surface area contributed by atoms with E-state index in [-0.39, 0.29) is 17.6 Å². The van der Waals surface area contributed by atoms with Gasteiger partial charge in [-0.05, 0) is 18.2 Å². The van der Waals surface area contributed by atoms with E-state index in [0.717, 1.165) is 0 Å². The van der Waals surface area contributed by atoms with E-state index in [1.165, 1.54) is 30.0 Å². The maximum atomic E-state index is 11.8. The van der Waals surface area contributed by atoms with Crippen LogP contribution in [0.2, 0.25) is 5.02 Å². The Hall–Kier alpha value is -1.64. The smallest absolute Gasteiger partial charge is 0.234 e. The first kappa shape index (κ1) is 15.7. The number of hydrogen-bond acceptors (Lipinski definition) is 6. The number of carbonyl (C=O) groups is 2. The summed E-state index contributed by atoms with van der Waals surface area (Å²) in [5, 5.41) is 13.9. The molecule has 0 saturated heterocycles. The van der Waals surface area contributed by atoms with Crippen LogP contribution in [0.3, 0.4) is 0 Å². The third kappa shape index (κ3) is 5.33. The summed E-state index contributed by atoms with van der Waals surface area (Å²) in [5.41, 5.74) is 0.643. The van der Waals surface area contributed by atoms with Crippen LogP contribution in [0.25, 0.3) is 0 Å². The third-order valence-electron chi connectivity index (χ3n) is 2.12. The molecule has 0 aliphatic carbocycles. The van der Waals surface area contributed by atoms with Crippen LogP contribution in [0.4, 0.5) is 10.8 Å². The van der Waals surface area contributed by atoms with Gasteiger partial charge >= 0.3 is 0 Å². The molecule has 0 bridgehead atoms. The van der Waals surface area contributed by atoms with Gasteiger partial charge in [0.15, 0.2) is 4.34 Å². The molecule has 1 aromatic carbocycles. The van der Waals surface area contributed by atoms with Gasteiger partial charge in [-0.2, -0.15) is 0 Å². The van der Waals surface area contributed by atoms with Gasteiger partial charge in [-0.15, -0.1) is 10.2 Å². The molecule has 9 heteroatoms. The Morgan fingerprint density at radius 3 is 2.86 bits per heavy atom. The summed E-state index contributed by atoms with van der Waals surface area (Å²) in [4.78, 5) is 22.7. The van der Waals surface area contributed by atoms with Gasteiger partial charge in [0, 0.05) is 17.6 Å². The monoisotopic (exact) mass is 342 g/mol. The lowest BCUT2D eigenvalue weighted by atomic mass is 10.3. The average Bonchev–Trinajstić information content (AvgIpc) is 2.83. The fourth-order valence-corrected chi connectivity index (χ4v) is 3.15. The van der Waals surface area contributed by atoms with Crippen molar-refractivity contribution in [2.45, 2.75) is 11.3 Å². The number of nitrogens with zero attached hydrogens (tertiary/aromatic N) is 2. The zero-order valence-electron chi connectivity index (χ0n) is 10.9. The molecule has 0 saturated carbocycles. The lowest BCUT2D eigenvalue weighted by molar-refractivity contribution is -0.114. The van der Waals surface area contributed by atoms with Crippen LogP contribution in [-0.2, 0) is 9.59 Å². The first-order chi connectivity index (χ1) is 10.0. The van der Waals surface area contributed by atoms with Gasteiger partial charge in [-0.25, -0.2) is 0 Å². The van der Waals surface area contributed by atoms with Crippen LogP contribution >= 0.6 is 34.7 Å². The highest BCUT2D eigenvalue weighted by Gasteiger charge is 2.09. The Bertz CT molecular complexity index is 662. The fraction of sp³-hybridized carbons (Fsp3) is 0.167. The highest BCUT2D eigenvalue weighted by atomic mass is 35.5. The van der Waals surface area contributed by atoms with E-state index in [0.29, 0.717) is 20.2 Å². The third-order valence-corrected chi connectivity index (χ3v) is 4.33. The molecule has 2 rings (SSSR count). The Balaban J connectivity index is 1.83. The number of nitrogens with one attached hydrogen (secondary N) is 2. The van der Waals surface area contributed by atoms with Crippen LogP contribution in [0.5, 0.6) is 0 Å². The zero-order chi connectivity index (χ0) is 15.2. The second kappa shape index (κ2) is 7.39. The molecular weight excluding hydrogens is 332 g/mol. The van der Waals surface area contributed by atoms with Gasteiger partial charge in [0.1, 0.15) is 0 Å². The van der Waals surface area contributed by atoms with Crippen molar-refractivity contribution >= 4 is 57.3 Å². The van der Waals surface area contributed by atoms with E-state index in [1.54, 1.807) is 24.3 Å². The fourth-order valence-electron chi connectivity index (χ4n) is 1.36. The van der Waals surface area contributed by atoms with Crippen molar-refractivity contribution in [3.63, 3.8) is 0 Å². The quantitative estimate of drug-likeness (QED) is 0.644. The molecule has 21 heavy (non-hydrogen) atoms. The second-order valence-electron chi connectivity index (χ2n) is 3.90. The number of thioether (sulfide) groups is 1. The largest absolute Gasteiger partial charge is 0.325 e. The minimum absolute atomic E-state index is 0.168. The number of amides is 2. The number of hydrogen-bond donors (Lipinski definition) is 2. The van der Waals surface area contributed by atoms with Crippen molar-refractivity contribution in [1.29, 1.82) is 0 Å². The summed E-state index contributed by atoms with van der Waals surface area (Å²) in [6.45, 7) is 1.40. The number of anilines is 2. The Kier molecular flexibility index (Phi) is 5.54. The molecule has 2 amide bonds. The van der Waals surface area contributed by atoms with Crippen molar-refractivity contribution < 1.29 is 9.59 Å². The van der Waals surface area contributed by atoms with Gasteiger partial charge in [0.05, 0.1) is 5.75 Å². The molecule has 0 atom stereocenters. The molecule has 0 aliphatic heterocycles. The van der Waals surface area contributed by atoms with Crippen molar-refractivity contribution in [3.05, 3.63) is 29.3 Å². The minimum atomic E-state index is -0.207. The first-order valence-corrected chi connectivity index (χ1v) is 8.00. The Morgan fingerprint density at radius 1 is 1.33 bits per heavy atom. The van der Waals surface area contributed by atoms with Crippen LogP contribution in [-0.4, -0.2) is 27.8 Å². The summed E-state index contributed by atoms with van der Waals surface area (Å²) < 4.78 is 0.611. The van der Waals surface area contributed by atoms with E-state index in [4.69, 9.17) is 11.6 Å². The van der Waals surface area contributed by atoms with E-state index in [9.17, 15) is 9.59 Å². The van der Waals surface area contributed by atoms with Gasteiger partial charge in [-0.1, -0.05) is 40.8 Å². The normalized spacial score (nSPS) is 10.2. The van der Waals surface area contributed by atoms with Gasteiger partial charge in [0.25, 0.3) is 0 Å². The second-order valence-corrected chi connectivity index (χ2v) is 6.54. The Labute approximate surface area is 134 Å². The van der Waals surface area contributed by atoms with E-state index in [2.05, 4.69) is 20.8 Å². The number of halogens is 1. The molecule has 0 spiro atoms. The summed E-state index contributed by atoms with van der Waals surface area (Å²) >= 11 is 8.31. The van der Waals surface area contributed by atoms with Crippen LogP contribution < -0.4 is 10.6 Å².